The van der Waals surface area contributed by atoms with Crippen LogP contribution in [0.3, 0.4) is 0 Å². The van der Waals surface area contributed by atoms with Gasteiger partial charge in [-0.3, -0.25) is 38.6 Å². The Morgan fingerprint density at radius 3 is 1.54 bits per heavy atom. The van der Waals surface area contributed by atoms with Crippen molar-refractivity contribution < 1.29 is 67.9 Å². The highest BCUT2D eigenvalue weighted by Gasteiger charge is 2.31. The number of amides is 4. The molecule has 0 saturated carbocycles. The van der Waals surface area contributed by atoms with Crippen LogP contribution in [-0.2, 0) is 73.7 Å². The third-order valence-electron chi connectivity index (χ3n) is 12.3. The number of rotatable bonds is 34. The molecule has 7 N–H and O–H groups in total. The number of ether oxygens (including phenoxy) is 3. The number of ketones is 1. The zero-order chi connectivity index (χ0) is 60.4. The summed E-state index contributed by atoms with van der Waals surface area (Å²) in [4.78, 5) is 105. The summed E-state index contributed by atoms with van der Waals surface area (Å²) in [6.07, 6.45) is 5.19. The predicted octanol–water partition coefficient (Wildman–Crippen LogP) is 7.79. The van der Waals surface area contributed by atoms with Gasteiger partial charge in [0.15, 0.2) is 0 Å². The Morgan fingerprint density at radius 2 is 1.04 bits per heavy atom. The molecular formula is C60H96N6O14. The molecule has 0 unspecified atom stereocenters. The second-order valence-corrected chi connectivity index (χ2v) is 24.8. The fraction of sp³-hybridized carbons (Fsp3) is 0.667. The van der Waals surface area contributed by atoms with Gasteiger partial charge in [-0.2, -0.15) is 0 Å². The number of nitrogens with one attached hydrogen (secondary N) is 4. The molecule has 0 saturated heterocycles. The molecule has 0 spiro atoms. The molecule has 2 atom stereocenters. The Hall–Kier alpha value is -6.28. The van der Waals surface area contributed by atoms with E-state index in [0.29, 0.717) is 69.3 Å². The van der Waals surface area contributed by atoms with Gasteiger partial charge in [0.05, 0.1) is 13.1 Å². The van der Waals surface area contributed by atoms with Crippen LogP contribution in [0.5, 0.6) is 11.5 Å². The topological polar surface area (TPSA) is 280 Å². The number of aromatic hydroxyl groups is 2. The van der Waals surface area contributed by atoms with E-state index in [4.69, 9.17) is 14.2 Å². The normalized spacial score (nSPS) is 12.8. The van der Waals surface area contributed by atoms with Gasteiger partial charge in [0.25, 0.3) is 0 Å². The van der Waals surface area contributed by atoms with Gasteiger partial charge in [-0.1, -0.05) is 51.5 Å². The highest BCUT2D eigenvalue weighted by Crippen LogP contribution is 2.26. The Morgan fingerprint density at radius 1 is 0.550 bits per heavy atom. The molecule has 20 heteroatoms. The summed E-state index contributed by atoms with van der Waals surface area (Å²) >= 11 is 0. The number of carboxylic acid groups (broad SMARTS) is 1. The van der Waals surface area contributed by atoms with Crippen molar-refractivity contribution in [3.8, 4) is 11.5 Å². The number of hydrogen-bond acceptors (Lipinski definition) is 15. The van der Waals surface area contributed by atoms with E-state index in [2.05, 4.69) is 21.3 Å². The number of unbranched alkanes of at least 4 members (excludes halogenated alkanes) is 3. The number of phenols is 2. The van der Waals surface area contributed by atoms with Gasteiger partial charge in [-0.25, -0.2) is 9.59 Å². The van der Waals surface area contributed by atoms with E-state index in [0.717, 1.165) is 24.0 Å². The third kappa shape index (κ3) is 32.1. The average Bonchev–Trinajstić information content (AvgIpc) is 3.30. The van der Waals surface area contributed by atoms with Gasteiger partial charge < -0.3 is 50.8 Å². The second kappa shape index (κ2) is 33.5. The molecule has 0 aromatic heterocycles. The summed E-state index contributed by atoms with van der Waals surface area (Å²) in [5.41, 5.74) is 0.0508. The van der Waals surface area contributed by atoms with Gasteiger partial charge in [-0.05, 0) is 149 Å². The van der Waals surface area contributed by atoms with E-state index in [9.17, 15) is 53.7 Å². The molecule has 0 fully saturated rings. The van der Waals surface area contributed by atoms with E-state index >= 15 is 0 Å². The minimum Gasteiger partial charge on any atom is -0.508 e. The van der Waals surface area contributed by atoms with Crippen molar-refractivity contribution in [2.24, 2.45) is 5.41 Å². The number of hydrogen-bond donors (Lipinski definition) is 7. The van der Waals surface area contributed by atoms with Crippen LogP contribution >= 0.6 is 0 Å². The molecule has 0 aliphatic carbocycles. The molecule has 0 aliphatic rings. The van der Waals surface area contributed by atoms with Crippen LogP contribution in [0.1, 0.15) is 183 Å². The van der Waals surface area contributed by atoms with Crippen molar-refractivity contribution in [1.29, 1.82) is 0 Å². The molecule has 20 nitrogen and oxygen atoms in total. The highest BCUT2D eigenvalue weighted by molar-refractivity contribution is 5.84. The van der Waals surface area contributed by atoms with Crippen LogP contribution in [0.4, 0.5) is 4.79 Å². The van der Waals surface area contributed by atoms with Crippen LogP contribution in [-0.4, -0.2) is 141 Å². The lowest BCUT2D eigenvalue weighted by molar-refractivity contribution is -0.159. The average molecular weight is 1130 g/mol. The van der Waals surface area contributed by atoms with E-state index in [1.807, 2.05) is 31.7 Å². The van der Waals surface area contributed by atoms with Crippen molar-refractivity contribution in [1.82, 2.24) is 31.1 Å². The number of esters is 3. The van der Waals surface area contributed by atoms with Crippen molar-refractivity contribution in [3.63, 3.8) is 0 Å². The van der Waals surface area contributed by atoms with Gasteiger partial charge in [-0.15, -0.1) is 0 Å². The SMILES string of the molecule is CC(=O)CN(CCN(CC(=O)OC(C)(C)C)Cc1cc(CCC(=O)O)ccc1O)Cc1cc(CCC(=O)NCCCCCC(=O)NCCCC[C@H](NC(=O)N[C@@H](CCC(=O)OC(C)(C)C)C(=O)OC(C)(C)C)C(C)(C)C)ccc1O. The van der Waals surface area contributed by atoms with Crippen LogP contribution in [0.25, 0.3) is 0 Å². The number of nitrogens with zero attached hydrogens (tertiary/aromatic N) is 2. The van der Waals surface area contributed by atoms with Crippen LogP contribution in [0, 0.1) is 5.41 Å². The second-order valence-electron chi connectivity index (χ2n) is 24.8. The Bertz CT molecular complexity index is 2350. The Labute approximate surface area is 475 Å². The largest absolute Gasteiger partial charge is 0.508 e. The number of phenolic OH excluding ortho intramolecular Hbond substituents is 2. The summed E-state index contributed by atoms with van der Waals surface area (Å²) in [6.45, 7) is 25.0. The fourth-order valence-corrected chi connectivity index (χ4v) is 8.46. The lowest BCUT2D eigenvalue weighted by Gasteiger charge is -2.32. The molecule has 2 rings (SSSR count). The van der Waals surface area contributed by atoms with Crippen LogP contribution in [0.2, 0.25) is 0 Å². The van der Waals surface area contributed by atoms with Crippen molar-refractivity contribution in [3.05, 3.63) is 58.7 Å². The molecule has 0 aliphatic heterocycles. The monoisotopic (exact) mass is 1120 g/mol. The minimum absolute atomic E-state index is 0.00776. The zero-order valence-corrected chi connectivity index (χ0v) is 50.2. The maximum Gasteiger partial charge on any atom is 0.329 e. The van der Waals surface area contributed by atoms with Gasteiger partial charge >= 0.3 is 29.9 Å². The smallest absolute Gasteiger partial charge is 0.329 e. The summed E-state index contributed by atoms with van der Waals surface area (Å²) in [6, 6.07) is 8.13. The number of carbonyl (C=O) groups is 8. The number of Topliss-reactive ketones (excluding diaryl/α,β-unsaturated/α-hetero) is 1. The van der Waals surface area contributed by atoms with E-state index in [1.54, 1.807) is 91.5 Å². The molecular weight excluding hydrogens is 1030 g/mol. The number of aryl methyl sites for hydroxylation is 2. The number of aliphatic carboxylic acids is 1. The molecule has 80 heavy (non-hydrogen) atoms. The molecule has 450 valence electrons. The van der Waals surface area contributed by atoms with Crippen molar-refractivity contribution >= 4 is 47.5 Å². The lowest BCUT2D eigenvalue weighted by atomic mass is 9.84. The van der Waals surface area contributed by atoms with Crippen molar-refractivity contribution in [2.75, 3.05) is 39.3 Å². The maximum atomic E-state index is 13.3. The summed E-state index contributed by atoms with van der Waals surface area (Å²) in [5, 5.41) is 42.4. The zero-order valence-electron chi connectivity index (χ0n) is 50.2. The molecule has 2 aromatic carbocycles. The number of benzene rings is 2. The number of urea groups is 1. The molecule has 0 bridgehead atoms. The number of carbonyl (C=O) groups excluding carboxylic acids is 7. The first kappa shape index (κ1) is 69.8. The van der Waals surface area contributed by atoms with E-state index < -0.39 is 52.8 Å². The fourth-order valence-electron chi connectivity index (χ4n) is 8.46. The van der Waals surface area contributed by atoms with Gasteiger partial charge in [0.1, 0.15) is 40.1 Å². The summed E-state index contributed by atoms with van der Waals surface area (Å²) in [5.74, 6) is -2.85. The number of carboxylic acids is 1. The summed E-state index contributed by atoms with van der Waals surface area (Å²) in [7, 11) is 0. The molecule has 2 aromatic rings. The van der Waals surface area contributed by atoms with Crippen molar-refractivity contribution in [2.45, 2.75) is 215 Å². The Balaban J connectivity index is 1.84. The molecule has 0 heterocycles. The molecule has 0 radical (unpaired) electrons. The van der Waals surface area contributed by atoms with Gasteiger partial charge in [0.2, 0.25) is 11.8 Å². The van der Waals surface area contributed by atoms with E-state index in [1.165, 1.54) is 13.0 Å². The first-order valence-electron chi connectivity index (χ1n) is 28.1. The quantitative estimate of drug-likeness (QED) is 0.0200. The predicted molar refractivity (Wildman–Crippen MR) is 306 cm³/mol. The van der Waals surface area contributed by atoms with E-state index in [-0.39, 0.29) is 105 Å². The maximum absolute atomic E-state index is 13.3. The minimum atomic E-state index is -1.07. The van der Waals surface area contributed by atoms with Crippen LogP contribution < -0.4 is 21.3 Å². The molecule has 4 amide bonds. The first-order chi connectivity index (χ1) is 37.1. The Kier molecular flexibility index (Phi) is 29.2. The third-order valence-corrected chi connectivity index (χ3v) is 12.3. The lowest BCUT2D eigenvalue weighted by Crippen LogP contribution is -2.53. The standard InChI is InChI=1S/C60H96N6O14/c1-41(67)37-65(33-34-66(40-54(75)79-59(8,9)10)39-45-36-43(22-27-48(45)69)24-29-52(72)73)38-44-35-42(21-26-47(44)68)23-28-51(71)62-31-17-14-15-20-50(70)61-32-18-16-19-49(57(2,3)4)64-56(77)63-46(55(76)80-60(11,12)13)25-30-53(74)78-58(5,6)7/h21-22,26-27,35-36,46,49,68-69H,14-20,23-25,28-34,37-40H2,1-13H3,(H,61,70)(H,62,71)(H,72,73)(H2,63,64,77)/t46-,49-/m0/s1. The van der Waals surface area contributed by atoms with Crippen LogP contribution in [0.15, 0.2) is 36.4 Å². The first-order valence-corrected chi connectivity index (χ1v) is 28.1. The summed E-state index contributed by atoms with van der Waals surface area (Å²) < 4.78 is 16.5. The van der Waals surface area contributed by atoms with Gasteiger partial charge in [0, 0.05) is 82.1 Å². The highest BCUT2D eigenvalue weighted by atomic mass is 16.6.